The van der Waals surface area contributed by atoms with Gasteiger partial charge in [-0.15, -0.1) is 0 Å². The lowest BCUT2D eigenvalue weighted by Gasteiger charge is -2.23. The Hall–Kier alpha value is -1.60. The zero-order chi connectivity index (χ0) is 12.1. The highest BCUT2D eigenvalue weighted by Gasteiger charge is 2.11. The molecule has 0 aliphatic heterocycles. The smallest absolute Gasteiger partial charge is 0.123 e. The molecule has 2 N–H and O–H groups in total. The largest absolute Gasteiger partial charge is 0.373 e. The predicted octanol–water partition coefficient (Wildman–Crippen LogP) is 2.20. The number of benzene rings is 1. The molecule has 0 amide bonds. The Kier molecular flexibility index (Phi) is 4.27. The van der Waals surface area contributed by atoms with Crippen molar-refractivity contribution < 1.29 is 4.39 Å². The van der Waals surface area contributed by atoms with Crippen molar-refractivity contribution in [1.29, 1.82) is 5.26 Å². The molecule has 3 nitrogen and oxygen atoms in total. The third kappa shape index (κ3) is 2.94. The molecular weight excluding hydrogens is 205 g/mol. The summed E-state index contributed by atoms with van der Waals surface area (Å²) in [6.45, 7) is 2.43. The highest BCUT2D eigenvalue weighted by atomic mass is 19.1. The first-order chi connectivity index (χ1) is 7.56. The first-order valence-corrected chi connectivity index (χ1v) is 5.19. The molecule has 0 saturated heterocycles. The fraction of sp³-hybridized carbons (Fsp3) is 0.417. The van der Waals surface area contributed by atoms with E-state index < -0.39 is 0 Å². The van der Waals surface area contributed by atoms with Crippen LogP contribution in [0, 0.1) is 17.1 Å². The zero-order valence-electron chi connectivity index (χ0n) is 9.57. The molecule has 1 unspecified atom stereocenters. The number of nitrogens with two attached hydrogens (primary N) is 1. The molecule has 16 heavy (non-hydrogen) atoms. The molecule has 0 bridgehead atoms. The highest BCUT2D eigenvalue weighted by molar-refractivity contribution is 5.54. The van der Waals surface area contributed by atoms with Crippen LogP contribution < -0.4 is 10.6 Å². The molecule has 1 atom stereocenters. The molecule has 1 aromatic carbocycles. The minimum absolute atomic E-state index is 0.227. The van der Waals surface area contributed by atoms with Crippen molar-refractivity contribution in [2.75, 3.05) is 18.5 Å². The van der Waals surface area contributed by atoms with Gasteiger partial charge in [-0.2, -0.15) is 5.26 Å². The lowest BCUT2D eigenvalue weighted by atomic mass is 10.1. The Morgan fingerprint density at radius 3 is 2.81 bits per heavy atom. The first-order valence-electron chi connectivity index (χ1n) is 5.19. The Balaban J connectivity index is 2.98. The van der Waals surface area contributed by atoms with Crippen molar-refractivity contribution in [2.24, 2.45) is 5.73 Å². The molecular formula is C12H16FN3. The quantitative estimate of drug-likeness (QED) is 0.848. The van der Waals surface area contributed by atoms with Gasteiger partial charge in [-0.3, -0.25) is 0 Å². The predicted molar refractivity (Wildman–Crippen MR) is 62.5 cm³/mol. The van der Waals surface area contributed by atoms with Gasteiger partial charge in [-0.25, -0.2) is 4.39 Å². The van der Waals surface area contributed by atoms with Crippen molar-refractivity contribution in [3.05, 3.63) is 29.6 Å². The van der Waals surface area contributed by atoms with Crippen molar-refractivity contribution >= 4 is 5.69 Å². The van der Waals surface area contributed by atoms with Gasteiger partial charge in [-0.05, 0) is 30.7 Å². The van der Waals surface area contributed by atoms with Crippen LogP contribution >= 0.6 is 0 Å². The Labute approximate surface area is 95.3 Å². The van der Waals surface area contributed by atoms with Crippen LogP contribution in [0.1, 0.15) is 24.9 Å². The lowest BCUT2D eigenvalue weighted by Crippen LogP contribution is -2.21. The maximum absolute atomic E-state index is 13.1. The van der Waals surface area contributed by atoms with Crippen LogP contribution in [0.2, 0.25) is 0 Å². The van der Waals surface area contributed by atoms with Crippen LogP contribution in [0.4, 0.5) is 10.1 Å². The molecule has 0 aliphatic rings. The van der Waals surface area contributed by atoms with E-state index in [1.165, 1.54) is 12.1 Å². The molecule has 0 radical (unpaired) electrons. The summed E-state index contributed by atoms with van der Waals surface area (Å²) in [6, 6.07) is 6.41. The van der Waals surface area contributed by atoms with Gasteiger partial charge in [0.25, 0.3) is 0 Å². The standard InChI is InChI=1S/C12H16FN3/c1-9(15)11-8-10(13)4-5-12(11)16(2)7-3-6-14/h4-5,8-9H,3,7,15H2,1-2H3. The Morgan fingerprint density at radius 2 is 2.25 bits per heavy atom. The van der Waals surface area contributed by atoms with E-state index in [4.69, 9.17) is 11.0 Å². The van der Waals surface area contributed by atoms with Crippen LogP contribution in [0.3, 0.4) is 0 Å². The van der Waals surface area contributed by atoms with E-state index in [9.17, 15) is 4.39 Å². The van der Waals surface area contributed by atoms with Crippen LogP contribution in [0.15, 0.2) is 18.2 Å². The zero-order valence-corrected chi connectivity index (χ0v) is 9.57. The van der Waals surface area contributed by atoms with Gasteiger partial charge in [0.1, 0.15) is 5.82 Å². The normalized spacial score (nSPS) is 11.9. The van der Waals surface area contributed by atoms with E-state index >= 15 is 0 Å². The number of hydrogen-bond acceptors (Lipinski definition) is 3. The second-order valence-corrected chi connectivity index (χ2v) is 3.82. The molecule has 0 fully saturated rings. The number of rotatable bonds is 4. The number of hydrogen-bond donors (Lipinski definition) is 1. The maximum atomic E-state index is 13.1. The Bertz CT molecular complexity index is 396. The lowest BCUT2D eigenvalue weighted by molar-refractivity contribution is 0.622. The monoisotopic (exact) mass is 221 g/mol. The van der Waals surface area contributed by atoms with Gasteiger partial charge in [0.05, 0.1) is 12.5 Å². The second-order valence-electron chi connectivity index (χ2n) is 3.82. The van der Waals surface area contributed by atoms with Crippen LogP contribution in [-0.4, -0.2) is 13.6 Å². The van der Waals surface area contributed by atoms with E-state index in [1.807, 2.05) is 18.9 Å². The van der Waals surface area contributed by atoms with E-state index in [0.29, 0.717) is 13.0 Å². The van der Waals surface area contributed by atoms with E-state index in [-0.39, 0.29) is 11.9 Å². The number of nitriles is 1. The summed E-state index contributed by atoms with van der Waals surface area (Å²) < 4.78 is 13.1. The number of anilines is 1. The third-order valence-corrected chi connectivity index (χ3v) is 2.45. The highest BCUT2D eigenvalue weighted by Crippen LogP contribution is 2.25. The van der Waals surface area contributed by atoms with E-state index in [0.717, 1.165) is 11.3 Å². The minimum Gasteiger partial charge on any atom is -0.373 e. The topological polar surface area (TPSA) is 53.0 Å². The molecule has 1 aromatic rings. The van der Waals surface area contributed by atoms with Gasteiger partial charge in [0.2, 0.25) is 0 Å². The van der Waals surface area contributed by atoms with Crippen LogP contribution in [-0.2, 0) is 0 Å². The molecule has 1 rings (SSSR count). The summed E-state index contributed by atoms with van der Waals surface area (Å²) in [7, 11) is 1.87. The molecule has 0 aliphatic carbocycles. The summed E-state index contributed by atoms with van der Waals surface area (Å²) in [5.41, 5.74) is 7.44. The van der Waals surface area contributed by atoms with Crippen molar-refractivity contribution in [1.82, 2.24) is 0 Å². The van der Waals surface area contributed by atoms with Crippen LogP contribution in [0.5, 0.6) is 0 Å². The van der Waals surface area contributed by atoms with E-state index in [2.05, 4.69) is 6.07 Å². The third-order valence-electron chi connectivity index (χ3n) is 2.45. The van der Waals surface area contributed by atoms with Gasteiger partial charge < -0.3 is 10.6 Å². The fourth-order valence-corrected chi connectivity index (χ4v) is 1.58. The summed E-state index contributed by atoms with van der Waals surface area (Å²) >= 11 is 0. The van der Waals surface area contributed by atoms with Crippen molar-refractivity contribution in [3.63, 3.8) is 0 Å². The number of nitrogens with zero attached hydrogens (tertiary/aromatic N) is 2. The SMILES string of the molecule is CC(N)c1cc(F)ccc1N(C)CCC#N. The summed E-state index contributed by atoms with van der Waals surface area (Å²) in [4.78, 5) is 1.92. The number of halogens is 1. The van der Waals surface area contributed by atoms with Gasteiger partial charge in [0, 0.05) is 25.3 Å². The molecule has 0 saturated carbocycles. The van der Waals surface area contributed by atoms with Gasteiger partial charge in [-0.1, -0.05) is 0 Å². The fourth-order valence-electron chi connectivity index (χ4n) is 1.58. The summed E-state index contributed by atoms with van der Waals surface area (Å²) in [5.74, 6) is -0.287. The molecule has 0 aromatic heterocycles. The van der Waals surface area contributed by atoms with Crippen LogP contribution in [0.25, 0.3) is 0 Å². The molecule has 4 heteroatoms. The van der Waals surface area contributed by atoms with E-state index in [1.54, 1.807) is 6.07 Å². The molecule has 0 heterocycles. The average molecular weight is 221 g/mol. The Morgan fingerprint density at radius 1 is 1.56 bits per heavy atom. The molecule has 0 spiro atoms. The molecule has 86 valence electrons. The van der Waals surface area contributed by atoms with Crippen molar-refractivity contribution in [3.8, 4) is 6.07 Å². The van der Waals surface area contributed by atoms with Gasteiger partial charge in [0.15, 0.2) is 0 Å². The first kappa shape index (κ1) is 12.5. The van der Waals surface area contributed by atoms with Gasteiger partial charge >= 0.3 is 0 Å². The summed E-state index contributed by atoms with van der Waals surface area (Å²) in [6.07, 6.45) is 0.437. The second kappa shape index (κ2) is 5.47. The maximum Gasteiger partial charge on any atom is 0.123 e. The average Bonchev–Trinajstić information content (AvgIpc) is 2.25. The minimum atomic E-state index is -0.287. The van der Waals surface area contributed by atoms with Crippen molar-refractivity contribution in [2.45, 2.75) is 19.4 Å². The summed E-state index contributed by atoms with van der Waals surface area (Å²) in [5, 5.41) is 8.52.